The van der Waals surface area contributed by atoms with Gasteiger partial charge in [-0.3, -0.25) is 19.1 Å². The van der Waals surface area contributed by atoms with Gasteiger partial charge in [-0.15, -0.1) is 0 Å². The maximum atomic E-state index is 13.0. The van der Waals surface area contributed by atoms with E-state index in [-0.39, 0.29) is 17.4 Å². The Labute approximate surface area is 174 Å². The molecule has 0 radical (unpaired) electrons. The molecule has 29 heavy (non-hydrogen) atoms. The summed E-state index contributed by atoms with van der Waals surface area (Å²) < 4.78 is 1.87. The average molecular weight is 401 g/mol. The highest BCUT2D eigenvalue weighted by Crippen LogP contribution is 2.27. The Kier molecular flexibility index (Phi) is 6.38. The molecule has 160 valence electrons. The summed E-state index contributed by atoms with van der Waals surface area (Å²) in [6, 6.07) is 2.10. The zero-order chi connectivity index (χ0) is 20.4. The van der Waals surface area contributed by atoms with Gasteiger partial charge in [0.25, 0.3) is 5.56 Å². The van der Waals surface area contributed by atoms with Crippen molar-refractivity contribution < 1.29 is 4.79 Å². The SMILES string of the molecule is C[C@@H]1CCCN(C(=O)CN2CCC[C@@H](c3cc(=O)n4c(n3)CCCCC4)C2)[C@H]1C. The molecule has 1 amide bonds. The van der Waals surface area contributed by atoms with Gasteiger partial charge in [-0.05, 0) is 57.9 Å². The Bertz CT molecular complexity index is 790. The Morgan fingerprint density at radius 2 is 1.90 bits per heavy atom. The van der Waals surface area contributed by atoms with Crippen LogP contribution in [-0.2, 0) is 17.8 Å². The highest BCUT2D eigenvalue weighted by molar-refractivity contribution is 5.78. The summed E-state index contributed by atoms with van der Waals surface area (Å²) in [4.78, 5) is 34.9. The van der Waals surface area contributed by atoms with Gasteiger partial charge in [0, 0.05) is 44.1 Å². The van der Waals surface area contributed by atoms with E-state index >= 15 is 0 Å². The fourth-order valence-electron chi connectivity index (χ4n) is 5.35. The molecular weight excluding hydrogens is 364 g/mol. The van der Waals surface area contributed by atoms with Crippen molar-refractivity contribution in [2.45, 2.75) is 83.7 Å². The summed E-state index contributed by atoms with van der Waals surface area (Å²) in [6.07, 6.45) is 8.71. The molecular formula is C23H36N4O2. The molecule has 0 saturated carbocycles. The molecule has 3 atom stereocenters. The molecule has 0 N–H and O–H groups in total. The van der Waals surface area contributed by atoms with Gasteiger partial charge < -0.3 is 4.90 Å². The van der Waals surface area contributed by atoms with Crippen molar-refractivity contribution in [1.82, 2.24) is 19.4 Å². The number of aryl methyl sites for hydroxylation is 1. The van der Waals surface area contributed by atoms with Crippen molar-refractivity contribution in [3.8, 4) is 0 Å². The molecule has 0 unspecified atom stereocenters. The zero-order valence-electron chi connectivity index (χ0n) is 18.1. The first kappa shape index (κ1) is 20.6. The van der Waals surface area contributed by atoms with Crippen LogP contribution >= 0.6 is 0 Å². The summed E-state index contributed by atoms with van der Waals surface area (Å²) in [5, 5.41) is 0. The first-order valence-electron chi connectivity index (χ1n) is 11.7. The Morgan fingerprint density at radius 1 is 1.07 bits per heavy atom. The topological polar surface area (TPSA) is 58.4 Å². The van der Waals surface area contributed by atoms with Crippen LogP contribution in [0.3, 0.4) is 0 Å². The van der Waals surface area contributed by atoms with E-state index in [0.29, 0.717) is 18.5 Å². The number of aromatic nitrogens is 2. The van der Waals surface area contributed by atoms with Crippen LogP contribution in [0, 0.1) is 5.92 Å². The molecule has 1 aromatic heterocycles. The van der Waals surface area contributed by atoms with E-state index in [2.05, 4.69) is 23.6 Å². The lowest BCUT2D eigenvalue weighted by atomic mass is 9.91. The Balaban J connectivity index is 1.43. The first-order chi connectivity index (χ1) is 14.0. The zero-order valence-corrected chi connectivity index (χ0v) is 18.1. The second kappa shape index (κ2) is 8.99. The molecule has 3 aliphatic heterocycles. The molecule has 2 fully saturated rings. The van der Waals surface area contributed by atoms with Crippen LogP contribution in [0.15, 0.2) is 10.9 Å². The molecule has 2 saturated heterocycles. The minimum Gasteiger partial charge on any atom is -0.339 e. The normalized spacial score (nSPS) is 28.6. The van der Waals surface area contributed by atoms with Gasteiger partial charge in [0.2, 0.25) is 5.91 Å². The average Bonchev–Trinajstić information content (AvgIpc) is 2.96. The van der Waals surface area contributed by atoms with Crippen molar-refractivity contribution in [3.63, 3.8) is 0 Å². The summed E-state index contributed by atoms with van der Waals surface area (Å²) in [5.74, 6) is 2.07. The van der Waals surface area contributed by atoms with E-state index in [9.17, 15) is 9.59 Å². The predicted octanol–water partition coefficient (Wildman–Crippen LogP) is 2.80. The van der Waals surface area contributed by atoms with Crippen molar-refractivity contribution in [1.29, 1.82) is 0 Å². The van der Waals surface area contributed by atoms with Crippen molar-refractivity contribution >= 4 is 5.91 Å². The number of piperidine rings is 2. The van der Waals surface area contributed by atoms with Crippen LogP contribution < -0.4 is 5.56 Å². The Morgan fingerprint density at radius 3 is 2.76 bits per heavy atom. The fraction of sp³-hybridized carbons (Fsp3) is 0.783. The highest BCUT2D eigenvalue weighted by atomic mass is 16.2. The second-order valence-corrected chi connectivity index (χ2v) is 9.42. The summed E-state index contributed by atoms with van der Waals surface area (Å²) in [5.41, 5.74) is 1.05. The molecule has 0 spiro atoms. The largest absolute Gasteiger partial charge is 0.339 e. The van der Waals surface area contributed by atoms with E-state index < -0.39 is 0 Å². The van der Waals surface area contributed by atoms with Gasteiger partial charge in [0.15, 0.2) is 0 Å². The van der Waals surface area contributed by atoms with Gasteiger partial charge >= 0.3 is 0 Å². The third-order valence-electron chi connectivity index (χ3n) is 7.37. The number of fused-ring (bicyclic) bond motifs is 1. The number of nitrogens with zero attached hydrogens (tertiary/aromatic N) is 4. The van der Waals surface area contributed by atoms with E-state index in [1.807, 2.05) is 4.57 Å². The standard InChI is InChI=1S/C23H36N4O2/c1-17-8-6-13-26(18(17)2)23(29)16-25-11-7-9-19(15-25)20-14-22(28)27-12-5-3-4-10-21(27)24-20/h14,17-19H,3-13,15-16H2,1-2H3/t17-,18+,19-/m1/s1. The lowest BCUT2D eigenvalue weighted by Crippen LogP contribution is -2.50. The molecule has 0 aromatic carbocycles. The van der Waals surface area contributed by atoms with Crippen LogP contribution in [0.2, 0.25) is 0 Å². The number of hydrogen-bond acceptors (Lipinski definition) is 4. The third-order valence-corrected chi connectivity index (χ3v) is 7.37. The molecule has 6 heteroatoms. The molecule has 4 heterocycles. The van der Waals surface area contributed by atoms with E-state index in [1.165, 1.54) is 12.8 Å². The summed E-state index contributed by atoms with van der Waals surface area (Å²) in [7, 11) is 0. The van der Waals surface area contributed by atoms with Crippen LogP contribution in [0.1, 0.15) is 76.2 Å². The first-order valence-corrected chi connectivity index (χ1v) is 11.7. The number of likely N-dealkylation sites (tertiary alicyclic amines) is 2. The smallest absolute Gasteiger partial charge is 0.253 e. The molecule has 4 rings (SSSR count). The van der Waals surface area contributed by atoms with Crippen LogP contribution in [0.25, 0.3) is 0 Å². The monoisotopic (exact) mass is 400 g/mol. The number of amides is 1. The number of rotatable bonds is 3. The summed E-state index contributed by atoms with van der Waals surface area (Å²) >= 11 is 0. The van der Waals surface area contributed by atoms with E-state index in [4.69, 9.17) is 4.98 Å². The van der Waals surface area contributed by atoms with E-state index in [1.54, 1.807) is 6.07 Å². The van der Waals surface area contributed by atoms with E-state index in [0.717, 1.165) is 76.2 Å². The van der Waals surface area contributed by atoms with Crippen LogP contribution in [0.4, 0.5) is 0 Å². The maximum absolute atomic E-state index is 13.0. The van der Waals surface area contributed by atoms with Gasteiger partial charge in [0.1, 0.15) is 5.82 Å². The van der Waals surface area contributed by atoms with Gasteiger partial charge in [-0.25, -0.2) is 4.98 Å². The van der Waals surface area contributed by atoms with Gasteiger partial charge in [-0.2, -0.15) is 0 Å². The second-order valence-electron chi connectivity index (χ2n) is 9.42. The maximum Gasteiger partial charge on any atom is 0.253 e. The lowest BCUT2D eigenvalue weighted by molar-refractivity contribution is -0.137. The molecule has 6 nitrogen and oxygen atoms in total. The van der Waals surface area contributed by atoms with Gasteiger partial charge in [0.05, 0.1) is 12.2 Å². The molecule has 1 aromatic rings. The Hall–Kier alpha value is -1.69. The fourth-order valence-corrected chi connectivity index (χ4v) is 5.35. The van der Waals surface area contributed by atoms with Crippen LogP contribution in [0.5, 0.6) is 0 Å². The predicted molar refractivity (Wildman–Crippen MR) is 114 cm³/mol. The van der Waals surface area contributed by atoms with Crippen molar-refractivity contribution in [2.75, 3.05) is 26.2 Å². The third kappa shape index (κ3) is 4.57. The lowest BCUT2D eigenvalue weighted by Gasteiger charge is -2.40. The van der Waals surface area contributed by atoms with Crippen molar-refractivity contribution in [2.24, 2.45) is 5.92 Å². The van der Waals surface area contributed by atoms with Gasteiger partial charge in [-0.1, -0.05) is 13.3 Å². The highest BCUT2D eigenvalue weighted by Gasteiger charge is 2.31. The quantitative estimate of drug-likeness (QED) is 0.783. The van der Waals surface area contributed by atoms with Crippen molar-refractivity contribution in [3.05, 3.63) is 27.9 Å². The summed E-state index contributed by atoms with van der Waals surface area (Å²) in [6.45, 7) is 8.43. The van der Waals surface area contributed by atoms with Crippen LogP contribution in [-0.4, -0.2) is 57.5 Å². The molecule has 0 aliphatic carbocycles. The minimum absolute atomic E-state index is 0.108. The minimum atomic E-state index is 0.108. The number of hydrogen-bond donors (Lipinski definition) is 0. The number of carbonyl (C=O) groups is 1. The number of carbonyl (C=O) groups excluding carboxylic acids is 1. The molecule has 3 aliphatic rings. The molecule has 0 bridgehead atoms.